The third kappa shape index (κ3) is 5.10. The molecule has 0 radical (unpaired) electrons. The van der Waals surface area contributed by atoms with Crippen LogP contribution in [0, 0.1) is 11.3 Å². The molecule has 0 atom stereocenters. The number of anilines is 1. The molecule has 36 heavy (non-hydrogen) atoms. The second-order valence-electron chi connectivity index (χ2n) is 7.52. The maximum absolute atomic E-state index is 13.1. The summed E-state index contributed by atoms with van der Waals surface area (Å²) in [4.78, 5) is 38.9. The zero-order chi connectivity index (χ0) is 25.8. The molecule has 3 aromatic carbocycles. The first-order valence-corrected chi connectivity index (χ1v) is 11.6. The molecule has 0 unspecified atom stereocenters. The summed E-state index contributed by atoms with van der Waals surface area (Å²) in [6.07, 6.45) is 1.36. The van der Waals surface area contributed by atoms with Gasteiger partial charge in [0.15, 0.2) is 11.5 Å². The number of nitrogens with zero attached hydrogens (tertiary/aromatic N) is 2. The molecule has 8 nitrogen and oxygen atoms in total. The predicted octanol–water partition coefficient (Wildman–Crippen LogP) is 5.23. The number of methoxy groups -OCH3 is 1. The number of benzene rings is 3. The summed E-state index contributed by atoms with van der Waals surface area (Å²) in [5, 5.41) is 11.9. The van der Waals surface area contributed by atoms with E-state index in [1.807, 2.05) is 6.07 Å². The molecule has 4 rings (SSSR count). The third-order valence-corrected chi connectivity index (χ3v) is 6.23. The number of hydrogen-bond donors (Lipinski definition) is 1. The average molecular weight is 567 g/mol. The predicted molar refractivity (Wildman–Crippen MR) is 137 cm³/mol. The fourth-order valence-electron chi connectivity index (χ4n) is 3.48. The summed E-state index contributed by atoms with van der Waals surface area (Å²) >= 11 is 9.34. The van der Waals surface area contributed by atoms with Crippen molar-refractivity contribution in [3.63, 3.8) is 0 Å². The van der Waals surface area contributed by atoms with Gasteiger partial charge in [-0.2, -0.15) is 5.26 Å². The molecule has 10 heteroatoms. The Morgan fingerprint density at radius 3 is 2.50 bits per heavy atom. The first kappa shape index (κ1) is 25.0. The number of carbonyl (C=O) groups excluding carboxylic acids is 3. The van der Waals surface area contributed by atoms with E-state index in [0.717, 1.165) is 4.90 Å². The Balaban J connectivity index is 1.65. The lowest BCUT2D eigenvalue weighted by molar-refractivity contribution is -0.122. The first-order chi connectivity index (χ1) is 17.3. The second kappa shape index (κ2) is 10.6. The summed E-state index contributed by atoms with van der Waals surface area (Å²) in [6, 6.07) is 17.6. The lowest BCUT2D eigenvalue weighted by Gasteiger charge is -2.26. The molecule has 1 aliphatic rings. The number of carbonyl (C=O) groups is 3. The van der Waals surface area contributed by atoms with E-state index in [4.69, 9.17) is 21.1 Å². The van der Waals surface area contributed by atoms with Crippen LogP contribution in [0.25, 0.3) is 6.08 Å². The van der Waals surface area contributed by atoms with E-state index in [-0.39, 0.29) is 17.9 Å². The minimum atomic E-state index is -0.859. The van der Waals surface area contributed by atoms with Gasteiger partial charge in [0.25, 0.3) is 11.8 Å². The number of rotatable bonds is 6. The van der Waals surface area contributed by atoms with Gasteiger partial charge < -0.3 is 9.47 Å². The highest BCUT2D eigenvalue weighted by molar-refractivity contribution is 9.10. The van der Waals surface area contributed by atoms with Crippen LogP contribution in [0.4, 0.5) is 10.5 Å². The van der Waals surface area contributed by atoms with Crippen LogP contribution in [-0.4, -0.2) is 25.0 Å². The van der Waals surface area contributed by atoms with E-state index in [2.05, 4.69) is 27.3 Å². The van der Waals surface area contributed by atoms with Crippen LogP contribution in [0.15, 0.2) is 70.7 Å². The van der Waals surface area contributed by atoms with Crippen molar-refractivity contribution >= 4 is 57.1 Å². The summed E-state index contributed by atoms with van der Waals surface area (Å²) in [5.74, 6) is -0.884. The largest absolute Gasteiger partial charge is 0.493 e. The van der Waals surface area contributed by atoms with Gasteiger partial charge in [0.05, 0.1) is 24.4 Å². The van der Waals surface area contributed by atoms with Crippen molar-refractivity contribution < 1.29 is 23.9 Å². The molecule has 1 aliphatic heterocycles. The minimum Gasteiger partial charge on any atom is -0.493 e. The molecular weight excluding hydrogens is 550 g/mol. The standard InChI is InChI=1S/C26H17BrClN3O5/c1-35-22-11-17(21(27)12-23(22)36-14-16-5-3-2-4-15(16)13-29)10-20-24(32)30-26(34)31(25(20)33)19-8-6-18(28)7-9-19/h2-12H,14H2,1H3,(H,30,32,34)/b20-10+. The Morgan fingerprint density at radius 2 is 1.81 bits per heavy atom. The summed E-state index contributed by atoms with van der Waals surface area (Å²) in [6.45, 7) is 0.131. The van der Waals surface area contributed by atoms with Gasteiger partial charge in [-0.25, -0.2) is 9.69 Å². The maximum Gasteiger partial charge on any atom is 0.335 e. The van der Waals surface area contributed by atoms with Crippen LogP contribution >= 0.6 is 27.5 Å². The molecule has 1 saturated heterocycles. The monoisotopic (exact) mass is 565 g/mol. The number of barbiturate groups is 1. The molecule has 0 saturated carbocycles. The topological polar surface area (TPSA) is 109 Å². The molecule has 0 spiro atoms. The zero-order valence-electron chi connectivity index (χ0n) is 18.7. The Morgan fingerprint density at radius 1 is 1.08 bits per heavy atom. The van der Waals surface area contributed by atoms with Crippen molar-refractivity contribution in [1.29, 1.82) is 5.26 Å². The fourth-order valence-corrected chi connectivity index (χ4v) is 4.04. The lowest BCUT2D eigenvalue weighted by atomic mass is 10.1. The number of hydrogen-bond acceptors (Lipinski definition) is 6. The van der Waals surface area contributed by atoms with Crippen molar-refractivity contribution in [2.75, 3.05) is 12.0 Å². The van der Waals surface area contributed by atoms with Gasteiger partial charge in [-0.05, 0) is 54.1 Å². The van der Waals surface area contributed by atoms with Crippen LogP contribution in [0.3, 0.4) is 0 Å². The average Bonchev–Trinajstić information content (AvgIpc) is 2.87. The van der Waals surface area contributed by atoms with Crippen molar-refractivity contribution in [3.05, 3.63) is 92.4 Å². The SMILES string of the molecule is COc1cc(/C=C2\C(=O)NC(=O)N(c3ccc(Cl)cc3)C2=O)c(Br)cc1OCc1ccccc1C#N. The van der Waals surface area contributed by atoms with Crippen molar-refractivity contribution in [1.82, 2.24) is 5.32 Å². The summed E-state index contributed by atoms with van der Waals surface area (Å²) in [7, 11) is 1.45. The molecule has 0 aliphatic carbocycles. The highest BCUT2D eigenvalue weighted by Crippen LogP contribution is 2.36. The van der Waals surface area contributed by atoms with Crippen molar-refractivity contribution in [2.45, 2.75) is 6.61 Å². The summed E-state index contributed by atoms with van der Waals surface area (Å²) < 4.78 is 11.8. The number of nitriles is 1. The molecule has 1 N–H and O–H groups in total. The molecular formula is C26H17BrClN3O5. The van der Waals surface area contributed by atoms with E-state index in [1.54, 1.807) is 30.3 Å². The smallest absolute Gasteiger partial charge is 0.335 e. The van der Waals surface area contributed by atoms with E-state index >= 15 is 0 Å². The first-order valence-electron chi connectivity index (χ1n) is 10.5. The van der Waals surface area contributed by atoms with E-state index in [0.29, 0.717) is 37.7 Å². The Labute approximate surface area is 219 Å². The molecule has 1 fully saturated rings. The van der Waals surface area contributed by atoms with Crippen LogP contribution in [0.2, 0.25) is 5.02 Å². The van der Waals surface area contributed by atoms with Crippen LogP contribution in [-0.2, 0) is 16.2 Å². The van der Waals surface area contributed by atoms with E-state index < -0.39 is 17.8 Å². The highest BCUT2D eigenvalue weighted by Gasteiger charge is 2.37. The van der Waals surface area contributed by atoms with Crippen LogP contribution < -0.4 is 19.7 Å². The number of urea groups is 1. The normalized spacial score (nSPS) is 14.4. The minimum absolute atomic E-state index is 0.131. The second-order valence-corrected chi connectivity index (χ2v) is 8.81. The maximum atomic E-state index is 13.1. The number of amides is 4. The number of ether oxygens (including phenoxy) is 2. The number of imide groups is 2. The van der Waals surface area contributed by atoms with E-state index in [1.165, 1.54) is 37.5 Å². The van der Waals surface area contributed by atoms with Gasteiger partial charge >= 0.3 is 6.03 Å². The number of nitrogens with one attached hydrogen (secondary N) is 1. The molecule has 1 heterocycles. The Hall–Kier alpha value is -4.13. The Bertz CT molecular complexity index is 1450. The highest BCUT2D eigenvalue weighted by atomic mass is 79.9. The summed E-state index contributed by atoms with van der Waals surface area (Å²) in [5.41, 5.74) is 1.67. The molecule has 3 aromatic rings. The van der Waals surface area contributed by atoms with Crippen molar-refractivity contribution in [3.8, 4) is 17.6 Å². The zero-order valence-corrected chi connectivity index (χ0v) is 21.1. The molecule has 0 aromatic heterocycles. The van der Waals surface area contributed by atoms with Gasteiger partial charge in [0, 0.05) is 15.1 Å². The lowest BCUT2D eigenvalue weighted by Crippen LogP contribution is -2.54. The fraction of sp³-hybridized carbons (Fsp3) is 0.0769. The molecule has 4 amide bonds. The quantitative estimate of drug-likeness (QED) is 0.323. The number of halogens is 2. The van der Waals surface area contributed by atoms with Gasteiger partial charge in [-0.1, -0.05) is 45.7 Å². The third-order valence-electron chi connectivity index (χ3n) is 5.29. The van der Waals surface area contributed by atoms with Gasteiger partial charge in [-0.3, -0.25) is 14.9 Å². The molecule has 0 bridgehead atoms. The van der Waals surface area contributed by atoms with Gasteiger partial charge in [0.2, 0.25) is 0 Å². The van der Waals surface area contributed by atoms with Crippen molar-refractivity contribution in [2.24, 2.45) is 0 Å². The molecule has 180 valence electrons. The van der Waals surface area contributed by atoms with Gasteiger partial charge in [-0.15, -0.1) is 0 Å². The van der Waals surface area contributed by atoms with E-state index in [9.17, 15) is 19.6 Å². The van der Waals surface area contributed by atoms with Gasteiger partial charge in [0.1, 0.15) is 12.2 Å². The van der Waals surface area contributed by atoms with Crippen LogP contribution in [0.1, 0.15) is 16.7 Å². The van der Waals surface area contributed by atoms with Crippen LogP contribution in [0.5, 0.6) is 11.5 Å². The Kier molecular flexibility index (Phi) is 7.38.